The summed E-state index contributed by atoms with van der Waals surface area (Å²) in [6.45, 7) is 11.4. The van der Waals surface area contributed by atoms with E-state index < -0.39 is 0 Å². The van der Waals surface area contributed by atoms with Gasteiger partial charge in [0.05, 0.1) is 0 Å². The number of nitrogens with zero attached hydrogens (tertiary/aromatic N) is 1. The lowest BCUT2D eigenvalue weighted by molar-refractivity contribution is 0.237. The molecule has 0 aliphatic carbocycles. The number of allylic oxidation sites excluding steroid dienone is 1. The lowest BCUT2D eigenvalue weighted by atomic mass is 9.81. The molecule has 0 aromatic rings. The van der Waals surface area contributed by atoms with E-state index in [1.807, 2.05) is 0 Å². The molecule has 0 saturated carbocycles. The Morgan fingerprint density at radius 1 is 1.27 bits per heavy atom. The van der Waals surface area contributed by atoms with Gasteiger partial charge in [-0.05, 0) is 26.3 Å². The molecule has 0 aromatic heterocycles. The fraction of sp³-hybridized carbons (Fsp3) is 0.800. The Morgan fingerprint density at radius 3 is 1.82 bits per heavy atom. The number of hydrogen-bond donors (Lipinski definition) is 0. The third kappa shape index (κ3) is 0.979. The topological polar surface area (TPSA) is 3.24 Å². The maximum atomic E-state index is 2.37. The summed E-state index contributed by atoms with van der Waals surface area (Å²) in [5, 5.41) is 0. The van der Waals surface area contributed by atoms with Crippen LogP contribution in [0.3, 0.4) is 0 Å². The normalized spacial score (nSPS) is 30.0. The van der Waals surface area contributed by atoms with Crippen LogP contribution < -0.4 is 0 Å². The van der Waals surface area contributed by atoms with Gasteiger partial charge in [0.25, 0.3) is 0 Å². The van der Waals surface area contributed by atoms with Gasteiger partial charge in [-0.15, -0.1) is 0 Å². The van der Waals surface area contributed by atoms with E-state index in [1.165, 1.54) is 11.3 Å². The lowest BCUT2D eigenvalue weighted by Gasteiger charge is -2.30. The summed E-state index contributed by atoms with van der Waals surface area (Å²) in [6.07, 6.45) is 0. The predicted molar refractivity (Wildman–Crippen MR) is 49.4 cm³/mol. The number of rotatable bonds is 0. The van der Waals surface area contributed by atoms with Crippen molar-refractivity contribution in [1.82, 2.24) is 4.90 Å². The monoisotopic (exact) mass is 153 g/mol. The van der Waals surface area contributed by atoms with E-state index in [0.29, 0.717) is 11.5 Å². The van der Waals surface area contributed by atoms with Crippen molar-refractivity contribution in [3.63, 3.8) is 0 Å². The van der Waals surface area contributed by atoms with Crippen molar-refractivity contribution in [2.45, 2.75) is 40.7 Å². The number of hydrogen-bond acceptors (Lipinski definition) is 1. The van der Waals surface area contributed by atoms with Crippen LogP contribution in [0.15, 0.2) is 11.3 Å². The molecule has 0 aromatic carbocycles. The second-order valence-electron chi connectivity index (χ2n) is 4.22. The fourth-order valence-electron chi connectivity index (χ4n) is 1.82. The summed E-state index contributed by atoms with van der Waals surface area (Å²) in [6, 6.07) is 0.641. The Kier molecular flexibility index (Phi) is 1.78. The van der Waals surface area contributed by atoms with Crippen LogP contribution in [-0.4, -0.2) is 18.0 Å². The zero-order valence-electron chi connectivity index (χ0n) is 8.52. The molecule has 1 aliphatic heterocycles. The first-order valence-electron chi connectivity index (χ1n) is 4.30. The predicted octanol–water partition coefficient (Wildman–Crippen LogP) is 2.64. The summed E-state index contributed by atoms with van der Waals surface area (Å²) in [5.74, 6) is 0. The second kappa shape index (κ2) is 2.26. The van der Waals surface area contributed by atoms with Crippen molar-refractivity contribution in [1.29, 1.82) is 0 Å². The third-order valence-electron chi connectivity index (χ3n) is 3.66. The van der Waals surface area contributed by atoms with Crippen molar-refractivity contribution >= 4 is 0 Å². The van der Waals surface area contributed by atoms with Gasteiger partial charge in [-0.2, -0.15) is 0 Å². The molecule has 1 aliphatic rings. The molecule has 0 amide bonds. The quantitative estimate of drug-likeness (QED) is 0.517. The molecule has 64 valence electrons. The van der Waals surface area contributed by atoms with Crippen LogP contribution in [0.2, 0.25) is 0 Å². The van der Waals surface area contributed by atoms with Crippen LogP contribution in [-0.2, 0) is 0 Å². The largest absolute Gasteiger partial charge is 0.375 e. The average molecular weight is 153 g/mol. The molecule has 1 nitrogen and oxygen atoms in total. The van der Waals surface area contributed by atoms with Gasteiger partial charge in [0.15, 0.2) is 0 Å². The standard InChI is InChI=1S/C10H19N/c1-7-8(2)11(6)9(3)10(7,4)5/h9H,1-6H3. The maximum absolute atomic E-state index is 2.37. The molecule has 1 heteroatoms. The first-order valence-corrected chi connectivity index (χ1v) is 4.30. The minimum Gasteiger partial charge on any atom is -0.375 e. The molecule has 0 fully saturated rings. The van der Waals surface area contributed by atoms with E-state index in [1.54, 1.807) is 0 Å². The van der Waals surface area contributed by atoms with Crippen LogP contribution in [0.25, 0.3) is 0 Å². The van der Waals surface area contributed by atoms with Gasteiger partial charge in [-0.25, -0.2) is 0 Å². The van der Waals surface area contributed by atoms with Crippen molar-refractivity contribution < 1.29 is 0 Å². The Labute approximate surface area is 70.1 Å². The first-order chi connectivity index (χ1) is 4.89. The highest BCUT2D eigenvalue weighted by molar-refractivity contribution is 5.25. The molecule has 11 heavy (non-hydrogen) atoms. The third-order valence-corrected chi connectivity index (χ3v) is 3.66. The zero-order chi connectivity index (χ0) is 8.81. The second-order valence-corrected chi connectivity index (χ2v) is 4.22. The van der Waals surface area contributed by atoms with Crippen LogP contribution in [0, 0.1) is 5.41 Å². The SMILES string of the molecule is CC1=C(C)C(C)(C)C(C)N1C. The summed E-state index contributed by atoms with van der Waals surface area (Å²) < 4.78 is 0. The van der Waals surface area contributed by atoms with E-state index in [4.69, 9.17) is 0 Å². The van der Waals surface area contributed by atoms with Crippen molar-refractivity contribution in [2.24, 2.45) is 5.41 Å². The van der Waals surface area contributed by atoms with Crippen molar-refractivity contribution in [3.05, 3.63) is 11.3 Å². The fourth-order valence-corrected chi connectivity index (χ4v) is 1.82. The van der Waals surface area contributed by atoms with E-state index in [2.05, 4.69) is 46.6 Å². The van der Waals surface area contributed by atoms with Crippen LogP contribution >= 0.6 is 0 Å². The smallest absolute Gasteiger partial charge is 0.0344 e. The molecule has 1 heterocycles. The zero-order valence-corrected chi connectivity index (χ0v) is 8.52. The van der Waals surface area contributed by atoms with E-state index in [-0.39, 0.29) is 0 Å². The van der Waals surface area contributed by atoms with Gasteiger partial charge in [-0.3, -0.25) is 0 Å². The van der Waals surface area contributed by atoms with Crippen molar-refractivity contribution in [2.75, 3.05) is 7.05 Å². The molecule has 0 spiro atoms. The highest BCUT2D eigenvalue weighted by Gasteiger charge is 2.37. The molecule has 1 atom stereocenters. The van der Waals surface area contributed by atoms with Gasteiger partial charge in [0.2, 0.25) is 0 Å². The Balaban J connectivity index is 3.06. The molecular weight excluding hydrogens is 134 g/mol. The highest BCUT2D eigenvalue weighted by atomic mass is 15.2. The van der Waals surface area contributed by atoms with Crippen LogP contribution in [0.4, 0.5) is 0 Å². The van der Waals surface area contributed by atoms with E-state index in [9.17, 15) is 0 Å². The van der Waals surface area contributed by atoms with Gasteiger partial charge < -0.3 is 4.90 Å². The molecule has 0 N–H and O–H groups in total. The summed E-state index contributed by atoms with van der Waals surface area (Å²) >= 11 is 0. The van der Waals surface area contributed by atoms with Crippen molar-refractivity contribution in [3.8, 4) is 0 Å². The van der Waals surface area contributed by atoms with Gasteiger partial charge in [0.1, 0.15) is 0 Å². The lowest BCUT2D eigenvalue weighted by Crippen LogP contribution is -2.32. The molecule has 0 bridgehead atoms. The first kappa shape index (κ1) is 8.63. The summed E-state index contributed by atoms with van der Waals surface area (Å²) in [7, 11) is 2.18. The van der Waals surface area contributed by atoms with Crippen LogP contribution in [0.1, 0.15) is 34.6 Å². The van der Waals surface area contributed by atoms with Gasteiger partial charge in [0, 0.05) is 24.2 Å². The minimum atomic E-state index is 0.360. The Hall–Kier alpha value is -0.460. The molecule has 0 radical (unpaired) electrons. The van der Waals surface area contributed by atoms with E-state index >= 15 is 0 Å². The molecule has 0 saturated heterocycles. The van der Waals surface area contributed by atoms with Crippen LogP contribution in [0.5, 0.6) is 0 Å². The van der Waals surface area contributed by atoms with E-state index in [0.717, 1.165) is 0 Å². The maximum Gasteiger partial charge on any atom is 0.0344 e. The Morgan fingerprint density at radius 2 is 1.73 bits per heavy atom. The molecule has 1 unspecified atom stereocenters. The summed E-state index contributed by atoms with van der Waals surface area (Å²) in [5.41, 5.74) is 3.34. The highest BCUT2D eigenvalue weighted by Crippen LogP contribution is 2.41. The minimum absolute atomic E-state index is 0.360. The molecule has 1 rings (SSSR count). The Bertz CT molecular complexity index is 201. The molecular formula is C10H19N. The average Bonchev–Trinajstić information content (AvgIpc) is 2.06. The van der Waals surface area contributed by atoms with Gasteiger partial charge >= 0.3 is 0 Å². The van der Waals surface area contributed by atoms with Gasteiger partial charge in [-0.1, -0.05) is 13.8 Å². The summed E-state index contributed by atoms with van der Waals surface area (Å²) in [4.78, 5) is 2.37.